The normalized spacial score (nSPS) is 22.3. The maximum absolute atomic E-state index is 7.27. The number of ether oxygens (including phenoxy) is 1. The molecule has 62 valence electrons. The van der Waals surface area contributed by atoms with Crippen LogP contribution in [0.15, 0.2) is 30.3 Å². The first-order chi connectivity index (χ1) is 5.86. The fourth-order valence-corrected chi connectivity index (χ4v) is 1.93. The number of thioether (sulfide) groups is 1. The van der Waals surface area contributed by atoms with E-state index in [-0.39, 0.29) is 6.10 Å². The van der Waals surface area contributed by atoms with Crippen LogP contribution in [-0.2, 0) is 4.74 Å². The molecular formula is C9H9NOS. The third-order valence-electron chi connectivity index (χ3n) is 1.79. The number of hydrogen-bond acceptors (Lipinski definition) is 3. The lowest BCUT2D eigenvalue weighted by atomic mass is 10.1. The van der Waals surface area contributed by atoms with Crippen molar-refractivity contribution in [2.24, 2.45) is 0 Å². The van der Waals surface area contributed by atoms with Gasteiger partial charge < -0.3 is 4.74 Å². The molecule has 0 bridgehead atoms. The molecule has 1 saturated heterocycles. The van der Waals surface area contributed by atoms with Gasteiger partial charge in [0.25, 0.3) is 0 Å². The second kappa shape index (κ2) is 3.19. The van der Waals surface area contributed by atoms with E-state index in [1.54, 1.807) is 0 Å². The van der Waals surface area contributed by atoms with Gasteiger partial charge in [-0.2, -0.15) is 0 Å². The summed E-state index contributed by atoms with van der Waals surface area (Å²) in [4.78, 5) is 0. The number of benzene rings is 1. The summed E-state index contributed by atoms with van der Waals surface area (Å²) in [6.45, 7) is 0. The Bertz CT molecular complexity index is 286. The summed E-state index contributed by atoms with van der Waals surface area (Å²) < 4.78 is 5.29. The summed E-state index contributed by atoms with van der Waals surface area (Å²) in [7, 11) is 0. The minimum Gasteiger partial charge on any atom is -0.464 e. The van der Waals surface area contributed by atoms with Crippen molar-refractivity contribution >= 4 is 17.0 Å². The average molecular weight is 179 g/mol. The molecule has 1 fully saturated rings. The zero-order valence-corrected chi connectivity index (χ0v) is 7.30. The lowest BCUT2D eigenvalue weighted by molar-refractivity contribution is 0.234. The van der Waals surface area contributed by atoms with Crippen LogP contribution in [0.25, 0.3) is 0 Å². The highest BCUT2D eigenvalue weighted by atomic mass is 32.2. The lowest BCUT2D eigenvalue weighted by Gasteiger charge is -2.07. The SMILES string of the molecule is N=C1OC(c2ccccc2)CS1. The van der Waals surface area contributed by atoms with Crippen LogP contribution in [0, 0.1) is 5.41 Å². The molecule has 1 aliphatic rings. The topological polar surface area (TPSA) is 33.1 Å². The lowest BCUT2D eigenvalue weighted by Crippen LogP contribution is -1.99. The van der Waals surface area contributed by atoms with Crippen molar-refractivity contribution in [1.82, 2.24) is 0 Å². The molecule has 0 aromatic heterocycles. The van der Waals surface area contributed by atoms with E-state index in [2.05, 4.69) is 0 Å². The molecule has 2 nitrogen and oxygen atoms in total. The van der Waals surface area contributed by atoms with Gasteiger partial charge in [-0.05, 0) is 5.56 Å². The summed E-state index contributed by atoms with van der Waals surface area (Å²) in [5, 5.41) is 7.61. The van der Waals surface area contributed by atoms with E-state index >= 15 is 0 Å². The molecule has 1 atom stereocenters. The maximum atomic E-state index is 7.27. The number of hydrogen-bond donors (Lipinski definition) is 1. The van der Waals surface area contributed by atoms with Gasteiger partial charge in [0.05, 0.1) is 0 Å². The van der Waals surface area contributed by atoms with Crippen LogP contribution < -0.4 is 0 Å². The van der Waals surface area contributed by atoms with Gasteiger partial charge in [-0.25, -0.2) is 0 Å². The van der Waals surface area contributed by atoms with E-state index in [1.165, 1.54) is 11.8 Å². The van der Waals surface area contributed by atoms with Crippen LogP contribution in [0.2, 0.25) is 0 Å². The zero-order valence-electron chi connectivity index (χ0n) is 6.49. The Balaban J connectivity index is 2.16. The summed E-state index contributed by atoms with van der Waals surface area (Å²) in [6.07, 6.45) is 0.0868. The molecule has 2 rings (SSSR count). The summed E-state index contributed by atoms with van der Waals surface area (Å²) >= 11 is 1.46. The van der Waals surface area contributed by atoms with Gasteiger partial charge in [0, 0.05) is 5.75 Å². The van der Waals surface area contributed by atoms with Crippen molar-refractivity contribution in [2.45, 2.75) is 6.10 Å². The Hall–Kier alpha value is -0.960. The molecule has 0 amide bonds. The van der Waals surface area contributed by atoms with Crippen LogP contribution in [0.3, 0.4) is 0 Å². The predicted octanol–water partition coefficient (Wildman–Crippen LogP) is 2.43. The van der Waals surface area contributed by atoms with Gasteiger partial charge >= 0.3 is 0 Å². The van der Waals surface area contributed by atoms with Crippen LogP contribution in [0.1, 0.15) is 11.7 Å². The molecule has 1 aromatic rings. The van der Waals surface area contributed by atoms with Crippen LogP contribution in [0.5, 0.6) is 0 Å². The first-order valence-corrected chi connectivity index (χ1v) is 4.78. The fraction of sp³-hybridized carbons (Fsp3) is 0.222. The highest BCUT2D eigenvalue weighted by Gasteiger charge is 2.22. The van der Waals surface area contributed by atoms with Crippen molar-refractivity contribution in [2.75, 3.05) is 5.75 Å². The van der Waals surface area contributed by atoms with Gasteiger partial charge in [0.2, 0.25) is 5.23 Å². The van der Waals surface area contributed by atoms with Crippen molar-refractivity contribution in [1.29, 1.82) is 5.41 Å². The largest absolute Gasteiger partial charge is 0.464 e. The predicted molar refractivity (Wildman–Crippen MR) is 50.5 cm³/mol. The Morgan fingerprint density at radius 2 is 2.08 bits per heavy atom. The van der Waals surface area contributed by atoms with E-state index in [1.807, 2.05) is 30.3 Å². The third kappa shape index (κ3) is 1.46. The monoisotopic (exact) mass is 179 g/mol. The maximum Gasteiger partial charge on any atom is 0.243 e. The molecule has 0 radical (unpaired) electrons. The first-order valence-electron chi connectivity index (χ1n) is 3.79. The molecule has 1 N–H and O–H groups in total. The minimum atomic E-state index is 0.0868. The van der Waals surface area contributed by atoms with E-state index in [0.29, 0.717) is 5.23 Å². The highest BCUT2D eigenvalue weighted by molar-refractivity contribution is 8.13. The standard InChI is InChI=1S/C9H9NOS/c10-9-11-8(6-12-9)7-4-2-1-3-5-7/h1-5,8,10H,6H2. The first kappa shape index (κ1) is 7.68. The molecule has 1 heterocycles. The van der Waals surface area contributed by atoms with Gasteiger partial charge in [0.1, 0.15) is 6.10 Å². The summed E-state index contributed by atoms with van der Waals surface area (Å²) in [5.41, 5.74) is 1.16. The van der Waals surface area contributed by atoms with Crippen molar-refractivity contribution in [3.05, 3.63) is 35.9 Å². The molecule has 12 heavy (non-hydrogen) atoms. The Kier molecular flexibility index (Phi) is 2.04. The molecule has 1 unspecified atom stereocenters. The third-order valence-corrected chi connectivity index (χ3v) is 2.61. The highest BCUT2D eigenvalue weighted by Crippen LogP contribution is 2.30. The fourth-order valence-electron chi connectivity index (χ4n) is 1.18. The van der Waals surface area contributed by atoms with Gasteiger partial charge in [-0.15, -0.1) is 0 Å². The van der Waals surface area contributed by atoms with Crippen LogP contribution in [-0.4, -0.2) is 11.0 Å². The average Bonchev–Trinajstić information content (AvgIpc) is 2.54. The van der Waals surface area contributed by atoms with Crippen molar-refractivity contribution in [3.8, 4) is 0 Å². The molecule has 0 aliphatic carbocycles. The van der Waals surface area contributed by atoms with Gasteiger partial charge in [-0.3, -0.25) is 5.41 Å². The van der Waals surface area contributed by atoms with E-state index < -0.39 is 0 Å². The quantitative estimate of drug-likeness (QED) is 0.718. The van der Waals surface area contributed by atoms with Crippen LogP contribution >= 0.6 is 11.8 Å². The molecule has 0 saturated carbocycles. The minimum absolute atomic E-state index is 0.0868. The van der Waals surface area contributed by atoms with E-state index in [0.717, 1.165) is 11.3 Å². The number of rotatable bonds is 1. The summed E-state index contributed by atoms with van der Waals surface area (Å²) in [6, 6.07) is 10.0. The smallest absolute Gasteiger partial charge is 0.243 e. The second-order valence-electron chi connectivity index (χ2n) is 2.62. The van der Waals surface area contributed by atoms with E-state index in [4.69, 9.17) is 10.1 Å². The van der Waals surface area contributed by atoms with Gasteiger partial charge in [-0.1, -0.05) is 42.1 Å². The molecule has 3 heteroatoms. The Morgan fingerprint density at radius 1 is 1.33 bits per heavy atom. The van der Waals surface area contributed by atoms with Crippen LogP contribution in [0.4, 0.5) is 0 Å². The molecular weight excluding hydrogens is 170 g/mol. The number of nitrogens with one attached hydrogen (secondary N) is 1. The molecule has 1 aliphatic heterocycles. The second-order valence-corrected chi connectivity index (χ2v) is 3.61. The molecule has 0 spiro atoms. The summed E-state index contributed by atoms with van der Waals surface area (Å²) in [5.74, 6) is 0.864. The van der Waals surface area contributed by atoms with Crippen molar-refractivity contribution < 1.29 is 4.74 Å². The molecule has 1 aromatic carbocycles. The Labute approximate surface area is 75.4 Å². The zero-order chi connectivity index (χ0) is 8.39. The Morgan fingerprint density at radius 3 is 2.67 bits per heavy atom. The van der Waals surface area contributed by atoms with Gasteiger partial charge in [0.15, 0.2) is 0 Å². The van der Waals surface area contributed by atoms with Crippen molar-refractivity contribution in [3.63, 3.8) is 0 Å². The van der Waals surface area contributed by atoms with E-state index in [9.17, 15) is 0 Å².